The fourth-order valence-electron chi connectivity index (χ4n) is 7.04. The molecule has 234 valence electrons. The van der Waals surface area contributed by atoms with Crippen molar-refractivity contribution in [3.05, 3.63) is 69.5 Å². The highest BCUT2D eigenvalue weighted by atomic mass is 16.3. The first kappa shape index (κ1) is 31.1. The Morgan fingerprint density at radius 3 is 2.27 bits per heavy atom. The van der Waals surface area contributed by atoms with Gasteiger partial charge < -0.3 is 36.4 Å². The van der Waals surface area contributed by atoms with Crippen LogP contribution in [0.5, 0.6) is 5.75 Å². The number of phenolic OH excluding ortho intramolecular Hbond substituents is 1. The molecule has 11 nitrogen and oxygen atoms in total. The second-order valence-corrected chi connectivity index (χ2v) is 12.8. The lowest BCUT2D eigenvalue weighted by atomic mass is 9.57. The number of carbonyl (C=O) groups is 3. The van der Waals surface area contributed by atoms with Crippen molar-refractivity contribution in [1.29, 1.82) is 0 Å². The highest BCUT2D eigenvalue weighted by molar-refractivity contribution is 6.24. The standard InChI is InChI=1S/C33H40N4O7/c1-15(2)17-9-7-16(8-10-17)14-35-21-13-22(36(3)4)19-11-18-12-20-26(37(5)6)29(40)25(32(34)43)31(42)33(20,44)30(41)23(18)28(39)24(19)27(21)38/h7-10,13,15,18,20,26,35,38-39,42,44H,11-12,14H2,1-6H3,(H2,34,43)/t18-,20-,26-,33-/m1/s1. The largest absolute Gasteiger partial charge is 0.508 e. The van der Waals surface area contributed by atoms with Crippen molar-refractivity contribution < 1.29 is 34.8 Å². The first-order valence-electron chi connectivity index (χ1n) is 14.6. The number of aliphatic hydroxyl groups is 3. The number of anilines is 2. The molecule has 0 bridgehead atoms. The summed E-state index contributed by atoms with van der Waals surface area (Å²) in [5.74, 6) is -6.35. The van der Waals surface area contributed by atoms with Crippen LogP contribution in [0.25, 0.3) is 5.76 Å². The Hall–Kier alpha value is -4.35. The third-order valence-corrected chi connectivity index (χ3v) is 9.31. The minimum atomic E-state index is -2.68. The minimum absolute atomic E-state index is 0.0335. The van der Waals surface area contributed by atoms with Crippen LogP contribution in [0.15, 0.2) is 47.2 Å². The van der Waals surface area contributed by atoms with E-state index < -0.39 is 58.0 Å². The van der Waals surface area contributed by atoms with E-state index in [-0.39, 0.29) is 29.7 Å². The molecule has 0 aromatic heterocycles. The molecule has 7 N–H and O–H groups in total. The molecule has 3 aliphatic rings. The SMILES string of the molecule is CC(C)c1ccc(CNc2cc(N(C)C)c3c(c2O)C(O)=C2C(=O)[C@@]4(O)C(O)=C(C(N)=O)C(=O)[C@H](N(C)C)[C@H]4C[C@H]2C3)cc1. The van der Waals surface area contributed by atoms with Gasteiger partial charge in [0.15, 0.2) is 11.4 Å². The smallest absolute Gasteiger partial charge is 0.255 e. The number of primary amides is 1. The number of phenols is 1. The van der Waals surface area contributed by atoms with Gasteiger partial charge in [0.1, 0.15) is 22.8 Å². The molecule has 0 saturated heterocycles. The second-order valence-electron chi connectivity index (χ2n) is 12.8. The number of benzene rings is 2. The van der Waals surface area contributed by atoms with Crippen LogP contribution < -0.4 is 16.0 Å². The van der Waals surface area contributed by atoms with Crippen LogP contribution in [0.1, 0.15) is 48.4 Å². The van der Waals surface area contributed by atoms with Gasteiger partial charge in [-0.15, -0.1) is 0 Å². The van der Waals surface area contributed by atoms with Gasteiger partial charge >= 0.3 is 0 Å². The topological polar surface area (TPSA) is 177 Å². The van der Waals surface area contributed by atoms with Crippen molar-refractivity contribution in [3.8, 4) is 5.75 Å². The molecular formula is C33H40N4O7. The van der Waals surface area contributed by atoms with Crippen LogP contribution in [0.3, 0.4) is 0 Å². The Kier molecular flexibility index (Phi) is 7.75. The maximum Gasteiger partial charge on any atom is 0.255 e. The average molecular weight is 605 g/mol. The number of carbonyl (C=O) groups excluding carboxylic acids is 3. The lowest BCUT2D eigenvalue weighted by Gasteiger charge is -2.50. The number of hydrogen-bond acceptors (Lipinski definition) is 10. The van der Waals surface area contributed by atoms with Crippen LogP contribution in [-0.4, -0.2) is 82.6 Å². The van der Waals surface area contributed by atoms with Gasteiger partial charge in [0, 0.05) is 37.8 Å². The predicted octanol–water partition coefficient (Wildman–Crippen LogP) is 2.77. The van der Waals surface area contributed by atoms with E-state index in [0.29, 0.717) is 29.4 Å². The number of aromatic hydroxyl groups is 1. The molecule has 44 heavy (non-hydrogen) atoms. The quantitative estimate of drug-likeness (QED) is 0.204. The first-order chi connectivity index (χ1) is 20.6. The predicted molar refractivity (Wildman–Crippen MR) is 166 cm³/mol. The Bertz CT molecular complexity index is 1620. The highest BCUT2D eigenvalue weighted by Crippen LogP contribution is 2.54. The summed E-state index contributed by atoms with van der Waals surface area (Å²) in [5.41, 5.74) is 5.58. The summed E-state index contributed by atoms with van der Waals surface area (Å²) in [6.07, 6.45) is 0.248. The molecule has 2 aromatic carbocycles. The number of fused-ring (bicyclic) bond motifs is 3. The molecule has 0 aliphatic heterocycles. The van der Waals surface area contributed by atoms with Gasteiger partial charge in [0.25, 0.3) is 5.91 Å². The van der Waals surface area contributed by atoms with Crippen LogP contribution in [-0.2, 0) is 27.3 Å². The van der Waals surface area contributed by atoms with Crippen LogP contribution >= 0.6 is 0 Å². The summed E-state index contributed by atoms with van der Waals surface area (Å²) < 4.78 is 0. The summed E-state index contributed by atoms with van der Waals surface area (Å²) in [7, 11) is 6.81. The Balaban J connectivity index is 1.62. The third-order valence-electron chi connectivity index (χ3n) is 9.31. The number of likely N-dealkylation sites (N-methyl/N-ethyl adjacent to an activating group) is 1. The summed E-state index contributed by atoms with van der Waals surface area (Å²) in [4.78, 5) is 43.0. The van der Waals surface area contributed by atoms with E-state index in [1.807, 2.05) is 31.1 Å². The number of aliphatic hydroxyl groups excluding tert-OH is 2. The number of amides is 1. The molecule has 0 unspecified atom stereocenters. The van der Waals surface area contributed by atoms with E-state index in [0.717, 1.165) is 5.56 Å². The Morgan fingerprint density at radius 1 is 1.09 bits per heavy atom. The zero-order valence-corrected chi connectivity index (χ0v) is 25.8. The molecule has 0 radical (unpaired) electrons. The molecule has 1 saturated carbocycles. The van der Waals surface area contributed by atoms with E-state index in [4.69, 9.17) is 5.73 Å². The zero-order chi connectivity index (χ0) is 32.4. The summed E-state index contributed by atoms with van der Waals surface area (Å²) in [5, 5.41) is 49.3. The van der Waals surface area contributed by atoms with Gasteiger partial charge in [-0.1, -0.05) is 38.1 Å². The number of Topliss-reactive ketones (excluding diaryl/α,β-unsaturated/α-hetero) is 2. The van der Waals surface area contributed by atoms with Crippen molar-refractivity contribution in [2.45, 2.75) is 50.8 Å². The molecule has 4 atom stereocenters. The summed E-state index contributed by atoms with van der Waals surface area (Å²) in [6.45, 7) is 4.61. The minimum Gasteiger partial charge on any atom is -0.508 e. The number of rotatable bonds is 7. The molecule has 2 aromatic rings. The van der Waals surface area contributed by atoms with Crippen molar-refractivity contribution in [3.63, 3.8) is 0 Å². The van der Waals surface area contributed by atoms with E-state index in [1.54, 1.807) is 20.2 Å². The molecule has 1 fully saturated rings. The number of nitrogens with one attached hydrogen (secondary N) is 1. The van der Waals surface area contributed by atoms with Crippen LogP contribution in [0, 0.1) is 11.8 Å². The van der Waals surface area contributed by atoms with Crippen molar-refractivity contribution in [1.82, 2.24) is 4.90 Å². The van der Waals surface area contributed by atoms with Gasteiger partial charge in [-0.2, -0.15) is 0 Å². The average Bonchev–Trinajstić information content (AvgIpc) is 2.94. The number of nitrogens with two attached hydrogens (primary N) is 1. The molecule has 0 spiro atoms. The molecule has 0 heterocycles. The van der Waals surface area contributed by atoms with Crippen LogP contribution in [0.2, 0.25) is 0 Å². The fraction of sp³-hybridized carbons (Fsp3) is 0.424. The third kappa shape index (κ3) is 4.62. The highest BCUT2D eigenvalue weighted by Gasteiger charge is 2.64. The maximum absolute atomic E-state index is 14.1. The van der Waals surface area contributed by atoms with Gasteiger partial charge in [-0.3, -0.25) is 19.3 Å². The summed E-state index contributed by atoms with van der Waals surface area (Å²) >= 11 is 0. The van der Waals surface area contributed by atoms with E-state index in [9.17, 15) is 34.8 Å². The van der Waals surface area contributed by atoms with Gasteiger partial charge in [0.05, 0.1) is 17.3 Å². The van der Waals surface area contributed by atoms with Gasteiger partial charge in [-0.25, -0.2) is 0 Å². The fourth-order valence-corrected chi connectivity index (χ4v) is 7.04. The lowest BCUT2D eigenvalue weighted by molar-refractivity contribution is -0.153. The lowest BCUT2D eigenvalue weighted by Crippen LogP contribution is -2.65. The molecule has 1 amide bonds. The van der Waals surface area contributed by atoms with E-state index >= 15 is 0 Å². The number of hydrogen-bond donors (Lipinski definition) is 6. The van der Waals surface area contributed by atoms with Gasteiger partial charge in [-0.05, 0) is 61.5 Å². The van der Waals surface area contributed by atoms with E-state index in [2.05, 4.69) is 31.3 Å². The Labute approximate surface area is 256 Å². The number of nitrogens with zero attached hydrogens (tertiary/aromatic N) is 2. The second kappa shape index (κ2) is 11.0. The zero-order valence-electron chi connectivity index (χ0n) is 25.8. The number of ketones is 2. The monoisotopic (exact) mass is 604 g/mol. The van der Waals surface area contributed by atoms with Gasteiger partial charge in [0.2, 0.25) is 5.78 Å². The normalized spacial score (nSPS) is 24.8. The van der Waals surface area contributed by atoms with Crippen molar-refractivity contribution in [2.24, 2.45) is 17.6 Å². The molecule has 5 rings (SSSR count). The van der Waals surface area contributed by atoms with E-state index in [1.165, 1.54) is 10.5 Å². The van der Waals surface area contributed by atoms with Crippen molar-refractivity contribution >= 4 is 34.6 Å². The van der Waals surface area contributed by atoms with Crippen LogP contribution in [0.4, 0.5) is 11.4 Å². The molecule has 11 heteroatoms. The summed E-state index contributed by atoms with van der Waals surface area (Å²) in [6, 6.07) is 8.77. The Morgan fingerprint density at radius 2 is 1.73 bits per heavy atom. The molecule has 3 aliphatic carbocycles. The first-order valence-corrected chi connectivity index (χ1v) is 14.6. The van der Waals surface area contributed by atoms with Crippen molar-refractivity contribution in [2.75, 3.05) is 38.4 Å². The molecular weight excluding hydrogens is 564 g/mol. The maximum atomic E-state index is 14.1.